The molecule has 0 amide bonds. The number of rotatable bonds is 5. The number of carbonyl (C=O) groups excluding carboxylic acids is 1. The second-order valence-electron chi connectivity index (χ2n) is 7.43. The molecule has 2 aromatic carbocycles. The van der Waals surface area contributed by atoms with Gasteiger partial charge in [-0.05, 0) is 41.2 Å². The molecule has 0 saturated carbocycles. The zero-order valence-electron chi connectivity index (χ0n) is 19.2. The first-order valence-corrected chi connectivity index (χ1v) is 10.9. The van der Waals surface area contributed by atoms with Crippen LogP contribution >= 0.6 is 0 Å². The predicted octanol–water partition coefficient (Wildman–Crippen LogP) is 6.48. The van der Waals surface area contributed by atoms with Crippen LogP contribution in [0, 0.1) is 6.92 Å². The normalized spacial score (nSPS) is 10.8. The van der Waals surface area contributed by atoms with Crippen molar-refractivity contribution in [2.24, 2.45) is 0 Å². The van der Waals surface area contributed by atoms with Crippen LogP contribution in [0.4, 0.5) is 17.3 Å². The lowest BCUT2D eigenvalue weighted by atomic mass is 10.0. The molecule has 4 aromatic rings. The summed E-state index contributed by atoms with van der Waals surface area (Å²) < 4.78 is 46.3. The largest absolute Gasteiger partial charge is 0.673 e. The van der Waals surface area contributed by atoms with Crippen molar-refractivity contribution in [3.8, 4) is 28.2 Å². The maximum absolute atomic E-state index is 13.0. The average molecular weight is 482 g/mol. The highest BCUT2D eigenvalue weighted by Crippen LogP contribution is 2.26. The van der Waals surface area contributed by atoms with Crippen LogP contribution in [0.1, 0.15) is 23.1 Å². The predicted molar refractivity (Wildman–Crippen MR) is 128 cm³/mol. The van der Waals surface area contributed by atoms with Crippen LogP contribution in [0.5, 0.6) is 0 Å². The standard InChI is InChI=1S/C26H23N2O2.BF4/c1-3-30-26(29)24-18-22(20-12-6-4-7-13-20)17-23(21-14-8-5-9-15-21)28(24)25-16-10-11-19(2)27-25;2-1(3,4)5/h4-18H,3H2,1-2H3;/q+1;-1. The van der Waals surface area contributed by atoms with Crippen LogP contribution in [0.15, 0.2) is 91.0 Å². The second kappa shape index (κ2) is 11.4. The van der Waals surface area contributed by atoms with Gasteiger partial charge in [0, 0.05) is 24.6 Å². The summed E-state index contributed by atoms with van der Waals surface area (Å²) in [5, 5.41) is 0. The Labute approximate surface area is 201 Å². The minimum Gasteiger partial charge on any atom is -0.460 e. The minimum absolute atomic E-state index is 0.302. The van der Waals surface area contributed by atoms with Crippen molar-refractivity contribution in [1.29, 1.82) is 0 Å². The molecule has 0 fully saturated rings. The number of ether oxygens (including phenoxy) is 1. The van der Waals surface area contributed by atoms with E-state index >= 15 is 0 Å². The van der Waals surface area contributed by atoms with Gasteiger partial charge < -0.3 is 22.0 Å². The average Bonchev–Trinajstić information content (AvgIpc) is 2.83. The maximum Gasteiger partial charge on any atom is 0.673 e. The number of hydrogen-bond acceptors (Lipinski definition) is 3. The first-order chi connectivity index (χ1) is 16.7. The summed E-state index contributed by atoms with van der Waals surface area (Å²) in [6, 6.07) is 29.8. The Kier molecular flexibility index (Phi) is 8.36. The van der Waals surface area contributed by atoms with Crippen LogP contribution in [0.3, 0.4) is 0 Å². The summed E-state index contributed by atoms with van der Waals surface area (Å²) in [5.74, 6) is 0.298. The van der Waals surface area contributed by atoms with Crippen molar-refractivity contribution in [1.82, 2.24) is 4.98 Å². The van der Waals surface area contributed by atoms with Gasteiger partial charge in [0.15, 0.2) is 0 Å². The smallest absolute Gasteiger partial charge is 0.460 e. The lowest BCUT2D eigenvalue weighted by Crippen LogP contribution is -2.42. The molecular formula is C26H23BF4N2O2. The van der Waals surface area contributed by atoms with Crippen LogP contribution in [-0.2, 0) is 4.74 Å². The molecule has 35 heavy (non-hydrogen) atoms. The van der Waals surface area contributed by atoms with Gasteiger partial charge in [-0.2, -0.15) is 4.57 Å². The van der Waals surface area contributed by atoms with Gasteiger partial charge in [0.25, 0.3) is 0 Å². The summed E-state index contributed by atoms with van der Waals surface area (Å²) >= 11 is 0. The summed E-state index contributed by atoms with van der Waals surface area (Å²) in [7, 11) is -6.00. The number of halogens is 4. The Hall–Kier alpha value is -4.01. The molecule has 4 nitrogen and oxygen atoms in total. The fourth-order valence-electron chi connectivity index (χ4n) is 3.47. The van der Waals surface area contributed by atoms with E-state index in [1.807, 2.05) is 103 Å². The molecule has 9 heteroatoms. The van der Waals surface area contributed by atoms with Crippen LogP contribution in [-0.4, -0.2) is 24.8 Å². The fourth-order valence-corrected chi connectivity index (χ4v) is 3.47. The molecule has 4 rings (SSSR count). The number of esters is 1. The molecule has 0 bridgehead atoms. The van der Waals surface area contributed by atoms with Crippen molar-refractivity contribution >= 4 is 13.2 Å². The Bertz CT molecular complexity index is 1280. The van der Waals surface area contributed by atoms with Crippen molar-refractivity contribution in [3.63, 3.8) is 0 Å². The van der Waals surface area contributed by atoms with E-state index in [-0.39, 0.29) is 5.97 Å². The van der Waals surface area contributed by atoms with Crippen molar-refractivity contribution in [2.45, 2.75) is 13.8 Å². The molecule has 2 heterocycles. The van der Waals surface area contributed by atoms with E-state index in [4.69, 9.17) is 9.72 Å². The third kappa shape index (κ3) is 7.24. The second-order valence-corrected chi connectivity index (χ2v) is 7.43. The number of carbonyl (C=O) groups is 1. The van der Waals surface area contributed by atoms with Gasteiger partial charge in [0.1, 0.15) is 11.4 Å². The van der Waals surface area contributed by atoms with E-state index in [1.54, 1.807) is 0 Å². The Balaban J connectivity index is 0.000000623. The van der Waals surface area contributed by atoms with E-state index in [0.29, 0.717) is 18.1 Å². The first kappa shape index (κ1) is 25.6. The minimum atomic E-state index is -6.00. The first-order valence-electron chi connectivity index (χ1n) is 10.9. The van der Waals surface area contributed by atoms with E-state index in [0.717, 1.165) is 28.1 Å². The van der Waals surface area contributed by atoms with Gasteiger partial charge >= 0.3 is 19.0 Å². The van der Waals surface area contributed by atoms with Crippen LogP contribution in [0.2, 0.25) is 0 Å². The molecule has 0 unspecified atom stereocenters. The van der Waals surface area contributed by atoms with E-state index in [2.05, 4.69) is 6.07 Å². The monoisotopic (exact) mass is 482 g/mol. The molecule has 0 aliphatic carbocycles. The van der Waals surface area contributed by atoms with Gasteiger partial charge in [-0.15, -0.1) is 0 Å². The molecule has 2 aromatic heterocycles. The molecule has 0 saturated heterocycles. The Morgan fingerprint density at radius 2 is 1.40 bits per heavy atom. The molecule has 0 spiro atoms. The van der Waals surface area contributed by atoms with Gasteiger partial charge in [-0.1, -0.05) is 60.7 Å². The van der Waals surface area contributed by atoms with E-state index < -0.39 is 7.25 Å². The Morgan fingerprint density at radius 3 is 1.94 bits per heavy atom. The van der Waals surface area contributed by atoms with Gasteiger partial charge in [-0.25, -0.2) is 4.79 Å². The summed E-state index contributed by atoms with van der Waals surface area (Å²) in [5.41, 5.74) is 5.16. The van der Waals surface area contributed by atoms with Gasteiger partial charge in [0.05, 0.1) is 6.61 Å². The zero-order chi connectivity index (χ0) is 25.4. The number of nitrogens with zero attached hydrogens (tertiary/aromatic N) is 2. The van der Waals surface area contributed by atoms with Crippen molar-refractivity contribution < 1.29 is 31.4 Å². The summed E-state index contributed by atoms with van der Waals surface area (Å²) in [6.45, 7) is 4.05. The lowest BCUT2D eigenvalue weighted by Gasteiger charge is -2.14. The number of benzene rings is 2. The number of aromatic nitrogens is 2. The highest BCUT2D eigenvalue weighted by molar-refractivity contribution is 6.50. The Morgan fingerprint density at radius 1 is 0.829 bits per heavy atom. The molecule has 0 radical (unpaired) electrons. The zero-order valence-corrected chi connectivity index (χ0v) is 19.2. The maximum atomic E-state index is 13.0. The highest BCUT2D eigenvalue weighted by Gasteiger charge is 2.27. The summed E-state index contributed by atoms with van der Waals surface area (Å²) in [6.07, 6.45) is 0. The highest BCUT2D eigenvalue weighted by atomic mass is 19.5. The molecule has 0 atom stereocenters. The number of hydrogen-bond donors (Lipinski definition) is 0. The van der Waals surface area contributed by atoms with Crippen molar-refractivity contribution in [3.05, 3.63) is 102 Å². The molecule has 0 N–H and O–H groups in total. The molecule has 0 aliphatic heterocycles. The molecule has 180 valence electrons. The third-order valence-electron chi connectivity index (χ3n) is 4.83. The van der Waals surface area contributed by atoms with E-state index in [1.165, 1.54) is 0 Å². The quantitative estimate of drug-likeness (QED) is 0.142. The number of pyridine rings is 2. The van der Waals surface area contributed by atoms with Gasteiger partial charge in [0.2, 0.25) is 5.69 Å². The van der Waals surface area contributed by atoms with Crippen molar-refractivity contribution in [2.75, 3.05) is 6.61 Å². The molecule has 0 aliphatic rings. The third-order valence-corrected chi connectivity index (χ3v) is 4.83. The van der Waals surface area contributed by atoms with E-state index in [9.17, 15) is 22.1 Å². The summed E-state index contributed by atoms with van der Waals surface area (Å²) in [4.78, 5) is 17.7. The SMILES string of the molecule is CCOC(=O)c1cc(-c2ccccc2)cc(-c2ccccc2)[n+]1-c1cccc(C)n1.F[B-](F)(F)F. The lowest BCUT2D eigenvalue weighted by molar-refractivity contribution is -0.591. The van der Waals surface area contributed by atoms with Gasteiger partial charge in [-0.3, -0.25) is 0 Å². The topological polar surface area (TPSA) is 43.1 Å². The van der Waals surface area contributed by atoms with Crippen LogP contribution in [0.25, 0.3) is 28.2 Å². The molecular weight excluding hydrogens is 459 g/mol. The fraction of sp³-hybridized carbons (Fsp3) is 0.115. The number of aryl methyl sites for hydroxylation is 1. The van der Waals surface area contributed by atoms with Crippen LogP contribution < -0.4 is 4.57 Å².